The Kier molecular flexibility index (Phi) is 6.07. The number of pyridine rings is 1. The van der Waals surface area contributed by atoms with Crippen LogP contribution in [-0.4, -0.2) is 48.7 Å². The van der Waals surface area contributed by atoms with Gasteiger partial charge in [0, 0.05) is 47.7 Å². The Morgan fingerprint density at radius 3 is 2.84 bits per heavy atom. The normalized spacial score (nSPS) is 16.5. The third-order valence-corrected chi connectivity index (χ3v) is 6.71. The highest BCUT2D eigenvalue weighted by atomic mass is 35.5. The molecule has 2 aliphatic rings. The Balaban J connectivity index is 1.28. The van der Waals surface area contributed by atoms with Gasteiger partial charge in [-0.1, -0.05) is 18.5 Å². The maximum absolute atomic E-state index is 12.9. The number of carbonyl (C=O) groups excluding carboxylic acids is 1. The third-order valence-electron chi connectivity index (χ3n) is 6.48. The first kappa shape index (κ1) is 21.3. The van der Waals surface area contributed by atoms with Crippen LogP contribution in [0.1, 0.15) is 53.0 Å². The number of carbonyl (C=O) groups is 1. The number of H-pyrrole nitrogens is 1. The molecule has 2 N–H and O–H groups in total. The van der Waals surface area contributed by atoms with Crippen molar-refractivity contribution in [3.05, 3.63) is 58.0 Å². The molecule has 0 bridgehead atoms. The SMILES string of the molecule is CCc1c(C(=O)NCCc2ncc(N3CCOCC3)cc2C2CC2)[nH]c2ccc(Cl)cc12. The summed E-state index contributed by atoms with van der Waals surface area (Å²) in [6.07, 6.45) is 5.93. The molecule has 0 radical (unpaired) electrons. The van der Waals surface area contributed by atoms with Crippen molar-refractivity contribution < 1.29 is 9.53 Å². The van der Waals surface area contributed by atoms with Crippen molar-refractivity contribution in [1.29, 1.82) is 0 Å². The molecule has 1 aliphatic carbocycles. The fraction of sp³-hybridized carbons (Fsp3) is 0.440. The van der Waals surface area contributed by atoms with Crippen molar-refractivity contribution in [3.63, 3.8) is 0 Å². The number of halogens is 1. The highest BCUT2D eigenvalue weighted by Gasteiger charge is 2.28. The van der Waals surface area contributed by atoms with Gasteiger partial charge in [-0.15, -0.1) is 0 Å². The first-order valence-electron chi connectivity index (χ1n) is 11.5. The first-order chi connectivity index (χ1) is 15.6. The Hall–Kier alpha value is -2.57. The Morgan fingerprint density at radius 2 is 2.09 bits per heavy atom. The summed E-state index contributed by atoms with van der Waals surface area (Å²) in [5, 5.41) is 4.79. The molecule has 1 amide bonds. The standard InChI is InChI=1S/C25H29ClN4O2/c1-2-19-21-13-17(26)5-6-23(21)29-24(19)25(31)27-8-7-22-20(16-3-4-16)14-18(15-28-22)30-9-11-32-12-10-30/h5-6,13-16,29H,2-4,7-12H2,1H3,(H,27,31). The molecule has 6 nitrogen and oxygen atoms in total. The van der Waals surface area contributed by atoms with Crippen LogP contribution in [0.25, 0.3) is 10.9 Å². The van der Waals surface area contributed by atoms with Crippen LogP contribution in [0.2, 0.25) is 5.02 Å². The minimum absolute atomic E-state index is 0.0768. The largest absolute Gasteiger partial charge is 0.378 e. The first-order valence-corrected chi connectivity index (χ1v) is 11.9. The molecule has 5 rings (SSSR count). The Bertz CT molecular complexity index is 1130. The van der Waals surface area contributed by atoms with Gasteiger partial charge in [-0.3, -0.25) is 9.78 Å². The predicted molar refractivity (Wildman–Crippen MR) is 128 cm³/mol. The summed E-state index contributed by atoms with van der Waals surface area (Å²) in [5.41, 5.74) is 6.20. The maximum Gasteiger partial charge on any atom is 0.268 e. The molecule has 2 fully saturated rings. The Labute approximate surface area is 193 Å². The smallest absolute Gasteiger partial charge is 0.268 e. The Morgan fingerprint density at radius 1 is 1.28 bits per heavy atom. The number of benzene rings is 1. The summed E-state index contributed by atoms with van der Waals surface area (Å²) in [5.74, 6) is 0.534. The van der Waals surface area contributed by atoms with Crippen LogP contribution in [0, 0.1) is 0 Å². The van der Waals surface area contributed by atoms with Gasteiger partial charge in [-0.25, -0.2) is 0 Å². The van der Waals surface area contributed by atoms with Crippen LogP contribution in [0.5, 0.6) is 0 Å². The van der Waals surface area contributed by atoms with E-state index in [-0.39, 0.29) is 5.91 Å². The number of nitrogens with one attached hydrogen (secondary N) is 2. The van der Waals surface area contributed by atoms with Gasteiger partial charge in [0.05, 0.1) is 25.1 Å². The van der Waals surface area contributed by atoms with Gasteiger partial charge in [-0.05, 0) is 60.6 Å². The van der Waals surface area contributed by atoms with Gasteiger partial charge in [0.15, 0.2) is 0 Å². The average Bonchev–Trinajstić information content (AvgIpc) is 3.60. The number of amides is 1. The van der Waals surface area contributed by atoms with Crippen molar-refractivity contribution in [3.8, 4) is 0 Å². The molecule has 3 heterocycles. The maximum atomic E-state index is 12.9. The van der Waals surface area contributed by atoms with E-state index in [2.05, 4.69) is 28.2 Å². The van der Waals surface area contributed by atoms with E-state index in [1.54, 1.807) is 0 Å². The molecule has 1 saturated heterocycles. The van der Waals surface area contributed by atoms with E-state index < -0.39 is 0 Å². The van der Waals surface area contributed by atoms with E-state index in [4.69, 9.17) is 21.3 Å². The molecular formula is C25H29ClN4O2. The zero-order valence-electron chi connectivity index (χ0n) is 18.4. The number of anilines is 1. The van der Waals surface area contributed by atoms with Gasteiger partial charge in [-0.2, -0.15) is 0 Å². The molecule has 1 aliphatic heterocycles. The monoisotopic (exact) mass is 452 g/mol. The van der Waals surface area contributed by atoms with Crippen molar-refractivity contribution in [1.82, 2.24) is 15.3 Å². The van der Waals surface area contributed by atoms with Gasteiger partial charge in [0.1, 0.15) is 5.69 Å². The van der Waals surface area contributed by atoms with Crippen LogP contribution in [0.3, 0.4) is 0 Å². The summed E-state index contributed by atoms with van der Waals surface area (Å²) >= 11 is 6.16. The number of hydrogen-bond donors (Lipinski definition) is 2. The van der Waals surface area contributed by atoms with Crippen LogP contribution in [-0.2, 0) is 17.6 Å². The predicted octanol–water partition coefficient (Wildman–Crippen LogP) is 4.47. The quantitative estimate of drug-likeness (QED) is 0.555. The van der Waals surface area contributed by atoms with Crippen molar-refractivity contribution >= 4 is 34.1 Å². The number of nitrogens with zero attached hydrogens (tertiary/aromatic N) is 2. The lowest BCUT2D eigenvalue weighted by atomic mass is 10.1. The van der Waals surface area contributed by atoms with Crippen molar-refractivity contribution in [2.24, 2.45) is 0 Å². The second-order valence-electron chi connectivity index (χ2n) is 8.63. The van der Waals surface area contributed by atoms with Crippen LogP contribution < -0.4 is 10.2 Å². The summed E-state index contributed by atoms with van der Waals surface area (Å²) in [4.78, 5) is 23.4. The molecule has 168 valence electrons. The molecule has 3 aromatic rings. The number of morpholine rings is 1. The molecule has 0 spiro atoms. The fourth-order valence-electron chi connectivity index (χ4n) is 4.61. The molecule has 7 heteroatoms. The van der Waals surface area contributed by atoms with Gasteiger partial charge in [0.25, 0.3) is 5.91 Å². The summed E-state index contributed by atoms with van der Waals surface area (Å²) < 4.78 is 5.48. The second kappa shape index (κ2) is 9.12. The summed E-state index contributed by atoms with van der Waals surface area (Å²) in [7, 11) is 0. The zero-order valence-corrected chi connectivity index (χ0v) is 19.2. The van der Waals surface area contributed by atoms with E-state index >= 15 is 0 Å². The minimum atomic E-state index is -0.0768. The number of aromatic nitrogens is 2. The van der Waals surface area contributed by atoms with E-state index in [1.807, 2.05) is 24.4 Å². The topological polar surface area (TPSA) is 70.2 Å². The molecule has 1 saturated carbocycles. The molecule has 2 aromatic heterocycles. The van der Waals surface area contributed by atoms with Crippen LogP contribution in [0.15, 0.2) is 30.5 Å². The molecule has 0 atom stereocenters. The van der Waals surface area contributed by atoms with E-state index in [0.29, 0.717) is 23.2 Å². The second-order valence-corrected chi connectivity index (χ2v) is 9.07. The van der Waals surface area contributed by atoms with Gasteiger partial charge in [0.2, 0.25) is 0 Å². The average molecular weight is 453 g/mol. The number of rotatable bonds is 7. The highest BCUT2D eigenvalue weighted by molar-refractivity contribution is 6.31. The lowest BCUT2D eigenvalue weighted by Gasteiger charge is -2.29. The minimum Gasteiger partial charge on any atom is -0.378 e. The fourth-order valence-corrected chi connectivity index (χ4v) is 4.79. The number of hydrogen-bond acceptors (Lipinski definition) is 4. The molecule has 0 unspecified atom stereocenters. The van der Waals surface area contributed by atoms with Gasteiger partial charge >= 0.3 is 0 Å². The number of fused-ring (bicyclic) bond motifs is 1. The number of aromatic amines is 1. The van der Waals surface area contributed by atoms with Crippen molar-refractivity contribution in [2.75, 3.05) is 37.7 Å². The van der Waals surface area contributed by atoms with E-state index in [0.717, 1.165) is 61.3 Å². The number of aryl methyl sites for hydroxylation is 1. The van der Waals surface area contributed by atoms with E-state index in [9.17, 15) is 4.79 Å². The van der Waals surface area contributed by atoms with Crippen LogP contribution >= 0.6 is 11.6 Å². The lowest BCUT2D eigenvalue weighted by Crippen LogP contribution is -2.36. The van der Waals surface area contributed by atoms with Crippen molar-refractivity contribution in [2.45, 2.75) is 38.5 Å². The molecule has 1 aromatic carbocycles. The van der Waals surface area contributed by atoms with Gasteiger partial charge < -0.3 is 19.9 Å². The van der Waals surface area contributed by atoms with E-state index in [1.165, 1.54) is 24.1 Å². The summed E-state index contributed by atoms with van der Waals surface area (Å²) in [6.45, 7) is 5.98. The molecular weight excluding hydrogens is 424 g/mol. The molecule has 32 heavy (non-hydrogen) atoms. The third kappa shape index (κ3) is 4.34. The zero-order chi connectivity index (χ0) is 22.1. The summed E-state index contributed by atoms with van der Waals surface area (Å²) in [6, 6.07) is 8.00. The lowest BCUT2D eigenvalue weighted by molar-refractivity contribution is 0.0949. The highest BCUT2D eigenvalue weighted by Crippen LogP contribution is 2.42. The number of ether oxygens (including phenoxy) is 1. The van der Waals surface area contributed by atoms with Crippen LogP contribution in [0.4, 0.5) is 5.69 Å².